The molecule has 5 nitrogen and oxygen atoms in total. The summed E-state index contributed by atoms with van der Waals surface area (Å²) in [4.78, 5) is 19.2. The third-order valence-corrected chi connectivity index (χ3v) is 2.06. The van der Waals surface area contributed by atoms with Crippen LogP contribution in [0.15, 0.2) is 42.6 Å². The fraction of sp³-hybridized carbons (Fsp3) is 0. The smallest absolute Gasteiger partial charge is 0.287 e. The molecule has 0 bridgehead atoms. The van der Waals surface area contributed by atoms with Gasteiger partial charge in [0.1, 0.15) is 0 Å². The van der Waals surface area contributed by atoms with Crippen LogP contribution in [-0.4, -0.2) is 15.9 Å². The summed E-state index contributed by atoms with van der Waals surface area (Å²) in [6, 6.07) is 11.3. The van der Waals surface area contributed by atoms with Gasteiger partial charge in [0, 0.05) is 11.8 Å². The Bertz CT molecular complexity index is 498. The quantitative estimate of drug-likeness (QED) is 0.439. The molecule has 1 heterocycles. The summed E-state index contributed by atoms with van der Waals surface area (Å²) in [7, 11) is 0. The number of hydrogen-bond donors (Lipinski definition) is 2. The summed E-state index contributed by atoms with van der Waals surface area (Å²) < 4.78 is 0. The number of nitrogens with zero attached hydrogens (tertiary/aromatic N) is 2. The predicted molar refractivity (Wildman–Crippen MR) is 59.1 cm³/mol. The van der Waals surface area contributed by atoms with Crippen LogP contribution in [0.2, 0.25) is 0 Å². The van der Waals surface area contributed by atoms with E-state index in [9.17, 15) is 4.79 Å². The van der Waals surface area contributed by atoms with Crippen molar-refractivity contribution in [2.75, 3.05) is 0 Å². The second-order valence-corrected chi connectivity index (χ2v) is 3.10. The van der Waals surface area contributed by atoms with Gasteiger partial charge in [-0.2, -0.15) is 0 Å². The highest BCUT2D eigenvalue weighted by Crippen LogP contribution is 2.15. The van der Waals surface area contributed by atoms with Crippen molar-refractivity contribution in [1.82, 2.24) is 15.4 Å². The number of benzene rings is 1. The third-order valence-electron chi connectivity index (χ3n) is 2.06. The lowest BCUT2D eigenvalue weighted by atomic mass is 10.1. The second-order valence-electron chi connectivity index (χ2n) is 3.10. The normalized spacial score (nSPS) is 9.81. The van der Waals surface area contributed by atoms with Crippen molar-refractivity contribution >= 4 is 5.91 Å². The van der Waals surface area contributed by atoms with Crippen LogP contribution in [-0.2, 0) is 0 Å². The van der Waals surface area contributed by atoms with Crippen molar-refractivity contribution in [2.45, 2.75) is 0 Å². The van der Waals surface area contributed by atoms with Crippen molar-refractivity contribution in [2.24, 2.45) is 5.84 Å². The van der Waals surface area contributed by atoms with Gasteiger partial charge < -0.3 is 0 Å². The van der Waals surface area contributed by atoms with Crippen LogP contribution in [0.5, 0.6) is 0 Å². The lowest BCUT2D eigenvalue weighted by Gasteiger charge is -2.02. The van der Waals surface area contributed by atoms with Crippen LogP contribution in [0, 0.1) is 0 Å². The van der Waals surface area contributed by atoms with E-state index in [0.29, 0.717) is 5.69 Å². The molecule has 2 aromatic rings. The summed E-state index contributed by atoms with van der Waals surface area (Å²) in [5.74, 6) is 4.57. The average molecular weight is 214 g/mol. The van der Waals surface area contributed by atoms with Crippen LogP contribution >= 0.6 is 0 Å². The molecule has 3 N–H and O–H groups in total. The standard InChI is InChI=1S/C11H10N4O/c12-15-11(16)10-13-7-6-9(14-10)8-4-2-1-3-5-8/h1-7H,12H2,(H,15,16). The highest BCUT2D eigenvalue weighted by atomic mass is 16.2. The number of carbonyl (C=O) groups excluding carboxylic acids is 1. The highest BCUT2D eigenvalue weighted by molar-refractivity contribution is 5.90. The van der Waals surface area contributed by atoms with Gasteiger partial charge in [0.2, 0.25) is 5.82 Å². The number of hydrazine groups is 1. The molecule has 0 aliphatic heterocycles. The molecule has 16 heavy (non-hydrogen) atoms. The van der Waals surface area contributed by atoms with Gasteiger partial charge in [0.05, 0.1) is 5.69 Å². The van der Waals surface area contributed by atoms with E-state index >= 15 is 0 Å². The molecule has 1 aromatic carbocycles. The maximum Gasteiger partial charge on any atom is 0.302 e. The van der Waals surface area contributed by atoms with E-state index in [-0.39, 0.29) is 5.82 Å². The van der Waals surface area contributed by atoms with E-state index in [2.05, 4.69) is 9.97 Å². The number of nitrogens with one attached hydrogen (secondary N) is 1. The molecule has 0 aliphatic carbocycles. The van der Waals surface area contributed by atoms with Crippen LogP contribution in [0.3, 0.4) is 0 Å². The van der Waals surface area contributed by atoms with Gasteiger partial charge in [0.15, 0.2) is 0 Å². The van der Waals surface area contributed by atoms with E-state index < -0.39 is 5.91 Å². The Hall–Kier alpha value is -2.27. The minimum absolute atomic E-state index is 0.0591. The van der Waals surface area contributed by atoms with Gasteiger partial charge in [-0.15, -0.1) is 0 Å². The summed E-state index contributed by atoms with van der Waals surface area (Å²) in [5, 5.41) is 0. The molecule has 0 aliphatic rings. The maximum atomic E-state index is 11.2. The molecule has 0 unspecified atom stereocenters. The molecule has 1 amide bonds. The second kappa shape index (κ2) is 4.50. The topological polar surface area (TPSA) is 80.9 Å². The Labute approximate surface area is 92.3 Å². The Morgan fingerprint density at radius 2 is 1.94 bits per heavy atom. The number of aromatic nitrogens is 2. The van der Waals surface area contributed by atoms with Crippen molar-refractivity contribution in [3.8, 4) is 11.3 Å². The first-order valence-electron chi connectivity index (χ1n) is 4.70. The predicted octanol–water partition coefficient (Wildman–Crippen LogP) is 0.747. The molecule has 2 rings (SSSR count). The van der Waals surface area contributed by atoms with Crippen molar-refractivity contribution in [3.05, 3.63) is 48.4 Å². The number of carbonyl (C=O) groups is 1. The molecule has 0 fully saturated rings. The molecule has 0 saturated carbocycles. The summed E-state index contributed by atoms with van der Waals surface area (Å²) in [5.41, 5.74) is 3.61. The van der Waals surface area contributed by atoms with Crippen molar-refractivity contribution < 1.29 is 4.79 Å². The molecular formula is C11H10N4O. The van der Waals surface area contributed by atoms with Gasteiger partial charge in [-0.1, -0.05) is 30.3 Å². The van der Waals surface area contributed by atoms with Gasteiger partial charge >= 0.3 is 5.91 Å². The molecule has 1 aromatic heterocycles. The first-order valence-corrected chi connectivity index (χ1v) is 4.70. The molecule has 0 radical (unpaired) electrons. The lowest BCUT2D eigenvalue weighted by Crippen LogP contribution is -2.31. The van der Waals surface area contributed by atoms with Gasteiger partial charge in [-0.05, 0) is 6.07 Å². The molecule has 0 atom stereocenters. The Morgan fingerprint density at radius 3 is 2.62 bits per heavy atom. The molecule has 0 saturated heterocycles. The first kappa shape index (κ1) is 10.3. The van der Waals surface area contributed by atoms with E-state index in [1.807, 2.05) is 35.8 Å². The Kier molecular flexibility index (Phi) is 2.88. The van der Waals surface area contributed by atoms with Crippen LogP contribution in [0.4, 0.5) is 0 Å². The van der Waals surface area contributed by atoms with Crippen LogP contribution < -0.4 is 11.3 Å². The lowest BCUT2D eigenvalue weighted by molar-refractivity contribution is 0.0943. The number of hydrogen-bond acceptors (Lipinski definition) is 4. The maximum absolute atomic E-state index is 11.2. The monoisotopic (exact) mass is 214 g/mol. The van der Waals surface area contributed by atoms with Gasteiger partial charge in [-0.25, -0.2) is 15.8 Å². The first-order chi connectivity index (χ1) is 7.81. The SMILES string of the molecule is NNC(=O)c1nccc(-c2ccccc2)n1. The average Bonchev–Trinajstić information content (AvgIpc) is 2.39. The van der Waals surface area contributed by atoms with E-state index in [0.717, 1.165) is 5.56 Å². The largest absolute Gasteiger partial charge is 0.302 e. The van der Waals surface area contributed by atoms with E-state index in [4.69, 9.17) is 5.84 Å². The summed E-state index contributed by atoms with van der Waals surface area (Å²) >= 11 is 0. The number of nitrogen functional groups attached to an aromatic ring is 1. The van der Waals surface area contributed by atoms with E-state index in [1.165, 1.54) is 6.20 Å². The molecular weight excluding hydrogens is 204 g/mol. The molecule has 80 valence electrons. The zero-order valence-electron chi connectivity index (χ0n) is 8.42. The van der Waals surface area contributed by atoms with Crippen molar-refractivity contribution in [3.63, 3.8) is 0 Å². The van der Waals surface area contributed by atoms with Crippen LogP contribution in [0.1, 0.15) is 10.6 Å². The minimum atomic E-state index is -0.502. The zero-order chi connectivity index (χ0) is 11.4. The van der Waals surface area contributed by atoms with Crippen LogP contribution in [0.25, 0.3) is 11.3 Å². The molecule has 0 spiro atoms. The fourth-order valence-electron chi connectivity index (χ4n) is 1.30. The summed E-state index contributed by atoms with van der Waals surface area (Å²) in [6.45, 7) is 0. The minimum Gasteiger partial charge on any atom is -0.287 e. The summed E-state index contributed by atoms with van der Waals surface area (Å²) in [6.07, 6.45) is 1.53. The number of rotatable bonds is 2. The Morgan fingerprint density at radius 1 is 1.19 bits per heavy atom. The fourth-order valence-corrected chi connectivity index (χ4v) is 1.30. The van der Waals surface area contributed by atoms with E-state index in [1.54, 1.807) is 6.07 Å². The number of amides is 1. The third kappa shape index (κ3) is 2.04. The Balaban J connectivity index is 2.40. The number of nitrogens with two attached hydrogens (primary N) is 1. The molecule has 5 heteroatoms. The van der Waals surface area contributed by atoms with Gasteiger partial charge in [-0.3, -0.25) is 10.2 Å². The van der Waals surface area contributed by atoms with Gasteiger partial charge in [0.25, 0.3) is 0 Å². The van der Waals surface area contributed by atoms with Crippen molar-refractivity contribution in [1.29, 1.82) is 0 Å². The highest BCUT2D eigenvalue weighted by Gasteiger charge is 2.08. The zero-order valence-corrected chi connectivity index (χ0v) is 8.42.